The topological polar surface area (TPSA) is 123 Å². The van der Waals surface area contributed by atoms with Crippen molar-refractivity contribution in [2.24, 2.45) is 11.8 Å². The van der Waals surface area contributed by atoms with Gasteiger partial charge in [0, 0.05) is 17.5 Å². The van der Waals surface area contributed by atoms with E-state index in [4.69, 9.17) is 9.57 Å². The maximum atomic E-state index is 14.6. The summed E-state index contributed by atoms with van der Waals surface area (Å²) in [4.78, 5) is 34.4. The molecule has 0 bridgehead atoms. The average molecular weight is 591 g/mol. The molecule has 1 amide bonds. The molecule has 9 atom stereocenters. The lowest BCUT2D eigenvalue weighted by Crippen LogP contribution is -2.52. The normalized spacial score (nSPS) is 30.7. The van der Waals surface area contributed by atoms with Gasteiger partial charge in [-0.05, 0) is 60.7 Å². The second kappa shape index (κ2) is 11.1. The minimum absolute atomic E-state index is 0.0917. The second-order valence-corrected chi connectivity index (χ2v) is 11.9. The number of ether oxygens (including phenoxy) is 1. The lowest BCUT2D eigenvalue weighted by Gasteiger charge is -2.43. The summed E-state index contributed by atoms with van der Waals surface area (Å²) in [7, 11) is 0. The number of hydrogen-bond donors (Lipinski definition) is 3. The third-order valence-corrected chi connectivity index (χ3v) is 8.94. The number of aliphatic hydroxyl groups excluding tert-OH is 2. The molecule has 3 saturated heterocycles. The molecule has 3 fully saturated rings. The molecule has 0 saturated carbocycles. The fraction of sp³-hybridized carbons (Fsp3) is 0.394. The smallest absolute Gasteiger partial charge is 0.311 e. The Morgan fingerprint density at radius 1 is 1.00 bits per heavy atom. The Hall–Kier alpha value is -3.67. The van der Waals surface area contributed by atoms with Crippen LogP contribution in [0.1, 0.15) is 50.2 Å². The molecule has 3 N–H and O–H groups in total. The lowest BCUT2D eigenvalue weighted by molar-refractivity contribution is -0.207. The number of fused-ring (bicyclic) bond motifs is 3. The number of para-hydroxylation sites is 2. The monoisotopic (exact) mass is 590 g/mol. The number of carbonyl (C=O) groups excluding carboxylic acids is 1. The van der Waals surface area contributed by atoms with E-state index in [9.17, 15) is 29.3 Å². The van der Waals surface area contributed by atoms with Crippen LogP contribution in [-0.4, -0.2) is 62.5 Å². The largest absolute Gasteiger partial charge is 0.481 e. The zero-order chi connectivity index (χ0) is 30.6. The number of carboxylic acids is 1. The van der Waals surface area contributed by atoms with Gasteiger partial charge in [-0.3, -0.25) is 19.3 Å². The Balaban J connectivity index is 1.40. The van der Waals surface area contributed by atoms with E-state index in [0.29, 0.717) is 16.9 Å². The van der Waals surface area contributed by atoms with E-state index in [2.05, 4.69) is 0 Å². The molecule has 8 unspecified atom stereocenters. The van der Waals surface area contributed by atoms with E-state index < -0.39 is 65.7 Å². The van der Waals surface area contributed by atoms with E-state index in [1.807, 2.05) is 68.4 Å². The van der Waals surface area contributed by atoms with E-state index >= 15 is 0 Å². The molecule has 0 radical (unpaired) electrons. The summed E-state index contributed by atoms with van der Waals surface area (Å²) in [6, 6.07) is 22.4. The molecule has 0 spiro atoms. The molecule has 0 aromatic heterocycles. The van der Waals surface area contributed by atoms with Crippen molar-refractivity contribution in [2.75, 3.05) is 4.90 Å². The molecule has 0 aliphatic carbocycles. The summed E-state index contributed by atoms with van der Waals surface area (Å²) in [6.07, 6.45) is -4.35. The fourth-order valence-electron chi connectivity index (χ4n) is 6.79. The van der Waals surface area contributed by atoms with E-state index in [-0.39, 0.29) is 12.3 Å². The predicted molar refractivity (Wildman–Crippen MR) is 154 cm³/mol. The number of anilines is 2. The minimum atomic E-state index is -1.76. The van der Waals surface area contributed by atoms with E-state index in [0.717, 1.165) is 5.56 Å². The van der Waals surface area contributed by atoms with Crippen LogP contribution in [0.25, 0.3) is 0 Å². The Morgan fingerprint density at radius 2 is 1.65 bits per heavy atom. The van der Waals surface area contributed by atoms with Crippen molar-refractivity contribution in [3.63, 3.8) is 0 Å². The summed E-state index contributed by atoms with van der Waals surface area (Å²) in [6.45, 7) is 5.45. The van der Waals surface area contributed by atoms with Gasteiger partial charge in [0.25, 0.3) is 11.6 Å². The van der Waals surface area contributed by atoms with Gasteiger partial charge in [0.15, 0.2) is 0 Å². The molecule has 10 heteroatoms. The summed E-state index contributed by atoms with van der Waals surface area (Å²) in [5.41, 5.74) is 1.03. The molecule has 6 rings (SSSR count). The summed E-state index contributed by atoms with van der Waals surface area (Å²) >= 11 is 0. The highest BCUT2D eigenvalue weighted by atomic mass is 19.1. The number of benzene rings is 3. The van der Waals surface area contributed by atoms with Crippen molar-refractivity contribution < 1.29 is 38.9 Å². The predicted octanol–water partition coefficient (Wildman–Crippen LogP) is 4.53. The van der Waals surface area contributed by atoms with Gasteiger partial charge in [-0.1, -0.05) is 62.4 Å². The Labute approximate surface area is 249 Å². The molecular formula is C33H35FN2O7. The highest BCUT2D eigenvalue weighted by Gasteiger charge is 2.80. The van der Waals surface area contributed by atoms with Crippen LogP contribution in [0.2, 0.25) is 0 Å². The average Bonchev–Trinajstić information content (AvgIpc) is 3.69. The number of amides is 1. The first-order valence-corrected chi connectivity index (χ1v) is 14.5. The van der Waals surface area contributed by atoms with E-state index in [1.165, 1.54) is 24.1 Å². The minimum Gasteiger partial charge on any atom is -0.481 e. The standard InChI is InChI=1S/C33H35FN2O7/c1-18(2)23-11-7-8-12-26(23)35(22-9-5-4-6-10-22)32(41)33-29(38)25-17-24(20-13-15-21(34)16-14-20)28(27(19(3)37)31(39)40)42-30(25)36(33)43-33/h4-16,18-19,24-25,27-30,37-38H,17H2,1-3H3,(H,39,40)/t19-,24?,25?,27?,28?,29?,30?,33?,36?/m1/s1. The maximum Gasteiger partial charge on any atom is 0.311 e. The highest BCUT2D eigenvalue weighted by molar-refractivity contribution is 6.07. The van der Waals surface area contributed by atoms with Crippen LogP contribution in [0.15, 0.2) is 78.9 Å². The first-order valence-electron chi connectivity index (χ1n) is 14.5. The van der Waals surface area contributed by atoms with Gasteiger partial charge >= 0.3 is 5.97 Å². The summed E-state index contributed by atoms with van der Waals surface area (Å²) in [5, 5.41) is 33.7. The molecule has 3 aromatic carbocycles. The molecule has 3 aliphatic heterocycles. The van der Waals surface area contributed by atoms with Crippen LogP contribution >= 0.6 is 0 Å². The molecule has 3 heterocycles. The van der Waals surface area contributed by atoms with Gasteiger partial charge in [0.2, 0.25) is 0 Å². The second-order valence-electron chi connectivity index (χ2n) is 11.9. The number of halogens is 1. The van der Waals surface area contributed by atoms with Gasteiger partial charge in [-0.25, -0.2) is 4.39 Å². The van der Waals surface area contributed by atoms with Crippen LogP contribution in [0, 0.1) is 17.7 Å². The molecule has 43 heavy (non-hydrogen) atoms. The number of carbonyl (C=O) groups is 2. The van der Waals surface area contributed by atoms with Crippen LogP contribution in [-0.2, 0) is 19.2 Å². The third kappa shape index (κ3) is 4.83. The molecule has 9 nitrogen and oxygen atoms in total. The molecule has 3 aromatic rings. The summed E-state index contributed by atoms with van der Waals surface area (Å²) < 4.78 is 20.2. The van der Waals surface area contributed by atoms with Crippen LogP contribution in [0.3, 0.4) is 0 Å². The number of aliphatic carboxylic acids is 1. The zero-order valence-electron chi connectivity index (χ0n) is 24.1. The van der Waals surface area contributed by atoms with Crippen molar-refractivity contribution in [1.29, 1.82) is 0 Å². The third-order valence-electron chi connectivity index (χ3n) is 8.94. The van der Waals surface area contributed by atoms with Crippen molar-refractivity contribution in [2.45, 2.75) is 69.3 Å². The molecular weight excluding hydrogens is 555 g/mol. The SMILES string of the molecule is CC(C)c1ccccc1N(C(=O)C12ON1C1OC(C(C(=O)O)[C@@H](C)O)C(c3ccc(F)cc3)CC1C2O)c1ccccc1. The van der Waals surface area contributed by atoms with Crippen LogP contribution in [0.5, 0.6) is 0 Å². The number of carboxylic acid groups (broad SMARTS) is 1. The van der Waals surface area contributed by atoms with Crippen molar-refractivity contribution >= 4 is 23.3 Å². The first-order chi connectivity index (χ1) is 20.6. The number of hydrogen-bond acceptors (Lipinski definition) is 7. The first kappa shape index (κ1) is 29.4. The van der Waals surface area contributed by atoms with Gasteiger partial charge in [-0.15, -0.1) is 5.06 Å². The maximum absolute atomic E-state index is 14.6. The fourth-order valence-corrected chi connectivity index (χ4v) is 6.79. The van der Waals surface area contributed by atoms with Crippen LogP contribution < -0.4 is 4.90 Å². The van der Waals surface area contributed by atoms with Crippen molar-refractivity contribution in [3.05, 3.63) is 95.8 Å². The highest BCUT2D eigenvalue weighted by Crippen LogP contribution is 2.59. The van der Waals surface area contributed by atoms with Crippen LogP contribution in [0.4, 0.5) is 15.8 Å². The number of rotatable bonds is 8. The van der Waals surface area contributed by atoms with E-state index in [1.54, 1.807) is 17.0 Å². The molecule has 3 aliphatic rings. The lowest BCUT2D eigenvalue weighted by atomic mass is 9.74. The summed E-state index contributed by atoms with van der Waals surface area (Å²) in [5.74, 6) is -4.67. The Bertz CT molecular complexity index is 1500. The Kier molecular flexibility index (Phi) is 7.60. The van der Waals surface area contributed by atoms with Gasteiger partial charge in [0.1, 0.15) is 24.1 Å². The molecule has 226 valence electrons. The van der Waals surface area contributed by atoms with Gasteiger partial charge in [0.05, 0.1) is 17.9 Å². The zero-order valence-corrected chi connectivity index (χ0v) is 24.1. The van der Waals surface area contributed by atoms with Crippen molar-refractivity contribution in [3.8, 4) is 0 Å². The van der Waals surface area contributed by atoms with Gasteiger partial charge < -0.3 is 20.1 Å². The number of nitrogens with zero attached hydrogens (tertiary/aromatic N) is 2. The number of aliphatic hydroxyl groups is 2. The number of hydroxylamine groups is 2. The van der Waals surface area contributed by atoms with Crippen molar-refractivity contribution in [1.82, 2.24) is 5.06 Å². The van der Waals surface area contributed by atoms with Gasteiger partial charge in [-0.2, -0.15) is 0 Å². The quantitative estimate of drug-likeness (QED) is 0.327. The Morgan fingerprint density at radius 3 is 2.28 bits per heavy atom.